The predicted octanol–water partition coefficient (Wildman–Crippen LogP) is 3.28. The van der Waals surface area contributed by atoms with E-state index in [1.165, 1.54) is 5.56 Å². The standard InChI is InChI=1S/C14H22BrNO2/c1-5-16-8-12-7-13(15)6-10(2)14(12)18-9-11(3)17-4/h6-7,11,16H,5,8-9H2,1-4H3. The van der Waals surface area contributed by atoms with Crippen LogP contribution in [0.5, 0.6) is 5.75 Å². The van der Waals surface area contributed by atoms with Gasteiger partial charge in [0, 0.05) is 23.7 Å². The van der Waals surface area contributed by atoms with Crippen LogP contribution < -0.4 is 10.1 Å². The van der Waals surface area contributed by atoms with Gasteiger partial charge in [-0.3, -0.25) is 0 Å². The summed E-state index contributed by atoms with van der Waals surface area (Å²) in [4.78, 5) is 0. The lowest BCUT2D eigenvalue weighted by Gasteiger charge is -2.17. The van der Waals surface area contributed by atoms with Crippen LogP contribution in [-0.2, 0) is 11.3 Å². The van der Waals surface area contributed by atoms with Crippen LogP contribution in [0, 0.1) is 6.92 Å². The molecule has 1 N–H and O–H groups in total. The van der Waals surface area contributed by atoms with E-state index in [2.05, 4.69) is 47.2 Å². The zero-order valence-corrected chi connectivity index (χ0v) is 13.1. The molecule has 0 heterocycles. The summed E-state index contributed by atoms with van der Waals surface area (Å²) >= 11 is 3.52. The van der Waals surface area contributed by atoms with E-state index < -0.39 is 0 Å². The maximum Gasteiger partial charge on any atom is 0.126 e. The largest absolute Gasteiger partial charge is 0.490 e. The highest BCUT2D eigenvalue weighted by Gasteiger charge is 2.10. The molecule has 0 radical (unpaired) electrons. The predicted molar refractivity (Wildman–Crippen MR) is 78.2 cm³/mol. The first kappa shape index (κ1) is 15.5. The monoisotopic (exact) mass is 315 g/mol. The highest BCUT2D eigenvalue weighted by atomic mass is 79.9. The van der Waals surface area contributed by atoms with Gasteiger partial charge in [-0.2, -0.15) is 0 Å². The van der Waals surface area contributed by atoms with Gasteiger partial charge in [-0.25, -0.2) is 0 Å². The molecule has 4 heteroatoms. The molecular weight excluding hydrogens is 294 g/mol. The van der Waals surface area contributed by atoms with Crippen LogP contribution in [0.3, 0.4) is 0 Å². The van der Waals surface area contributed by atoms with Crippen LogP contribution in [-0.4, -0.2) is 26.4 Å². The Morgan fingerprint density at radius 2 is 2.11 bits per heavy atom. The van der Waals surface area contributed by atoms with Crippen molar-refractivity contribution < 1.29 is 9.47 Å². The molecular formula is C14H22BrNO2. The topological polar surface area (TPSA) is 30.5 Å². The molecule has 1 aromatic rings. The van der Waals surface area contributed by atoms with E-state index in [0.717, 1.165) is 28.9 Å². The van der Waals surface area contributed by atoms with Gasteiger partial charge in [-0.15, -0.1) is 0 Å². The van der Waals surface area contributed by atoms with E-state index >= 15 is 0 Å². The summed E-state index contributed by atoms with van der Waals surface area (Å²) in [6.07, 6.45) is 0.0973. The van der Waals surface area contributed by atoms with E-state index in [-0.39, 0.29) is 6.10 Å². The van der Waals surface area contributed by atoms with Crippen molar-refractivity contribution in [2.45, 2.75) is 33.4 Å². The van der Waals surface area contributed by atoms with Crippen molar-refractivity contribution in [2.24, 2.45) is 0 Å². The molecule has 3 nitrogen and oxygen atoms in total. The number of rotatable bonds is 7. The van der Waals surface area contributed by atoms with E-state index in [4.69, 9.17) is 9.47 Å². The van der Waals surface area contributed by atoms with Gasteiger partial charge in [-0.05, 0) is 38.1 Å². The second-order valence-electron chi connectivity index (χ2n) is 4.35. The first-order chi connectivity index (χ1) is 8.58. The lowest BCUT2D eigenvalue weighted by molar-refractivity contribution is 0.0710. The van der Waals surface area contributed by atoms with Gasteiger partial charge >= 0.3 is 0 Å². The fourth-order valence-electron chi connectivity index (χ4n) is 1.67. The van der Waals surface area contributed by atoms with E-state index in [9.17, 15) is 0 Å². The first-order valence-corrected chi connectivity index (χ1v) is 7.03. The average Bonchev–Trinajstić information content (AvgIpc) is 2.34. The highest BCUT2D eigenvalue weighted by Crippen LogP contribution is 2.28. The molecule has 0 amide bonds. The van der Waals surface area contributed by atoms with Gasteiger partial charge in [0.25, 0.3) is 0 Å². The van der Waals surface area contributed by atoms with Crippen molar-refractivity contribution in [3.05, 3.63) is 27.7 Å². The zero-order valence-electron chi connectivity index (χ0n) is 11.5. The second-order valence-corrected chi connectivity index (χ2v) is 5.26. The molecule has 0 saturated heterocycles. The van der Waals surface area contributed by atoms with Crippen molar-refractivity contribution >= 4 is 15.9 Å². The summed E-state index contributed by atoms with van der Waals surface area (Å²) in [6.45, 7) is 8.48. The summed E-state index contributed by atoms with van der Waals surface area (Å²) in [5.41, 5.74) is 2.31. The number of benzene rings is 1. The van der Waals surface area contributed by atoms with Crippen LogP contribution >= 0.6 is 15.9 Å². The Kier molecular flexibility index (Phi) is 6.68. The molecule has 18 heavy (non-hydrogen) atoms. The zero-order chi connectivity index (χ0) is 13.5. The number of hydrogen-bond acceptors (Lipinski definition) is 3. The normalized spacial score (nSPS) is 12.5. The van der Waals surface area contributed by atoms with Gasteiger partial charge in [-0.1, -0.05) is 22.9 Å². The van der Waals surface area contributed by atoms with E-state index in [1.807, 2.05) is 6.92 Å². The Morgan fingerprint density at radius 1 is 1.39 bits per heavy atom. The number of nitrogens with one attached hydrogen (secondary N) is 1. The van der Waals surface area contributed by atoms with Crippen molar-refractivity contribution in [2.75, 3.05) is 20.3 Å². The molecule has 0 spiro atoms. The van der Waals surface area contributed by atoms with Gasteiger partial charge in [0.15, 0.2) is 0 Å². The summed E-state index contributed by atoms with van der Waals surface area (Å²) in [5, 5.41) is 3.33. The number of ether oxygens (including phenoxy) is 2. The minimum atomic E-state index is 0.0973. The summed E-state index contributed by atoms with van der Waals surface area (Å²) in [5.74, 6) is 0.961. The molecule has 102 valence electrons. The molecule has 0 aliphatic rings. The average molecular weight is 316 g/mol. The van der Waals surface area contributed by atoms with Crippen LogP contribution in [0.1, 0.15) is 25.0 Å². The quantitative estimate of drug-likeness (QED) is 0.837. The summed E-state index contributed by atoms with van der Waals surface area (Å²) < 4.78 is 12.2. The van der Waals surface area contributed by atoms with Crippen molar-refractivity contribution in [1.29, 1.82) is 0 Å². The molecule has 1 aromatic carbocycles. The van der Waals surface area contributed by atoms with Crippen molar-refractivity contribution in [3.63, 3.8) is 0 Å². The first-order valence-electron chi connectivity index (χ1n) is 6.23. The maximum atomic E-state index is 5.89. The molecule has 0 fully saturated rings. The number of hydrogen-bond donors (Lipinski definition) is 1. The Labute approximate surface area is 118 Å². The Morgan fingerprint density at radius 3 is 2.72 bits per heavy atom. The smallest absolute Gasteiger partial charge is 0.126 e. The molecule has 0 saturated carbocycles. The molecule has 0 aliphatic carbocycles. The highest BCUT2D eigenvalue weighted by molar-refractivity contribution is 9.10. The Hall–Kier alpha value is -0.580. The number of aryl methyl sites for hydroxylation is 1. The van der Waals surface area contributed by atoms with Gasteiger partial charge in [0.05, 0.1) is 6.10 Å². The third-order valence-electron chi connectivity index (χ3n) is 2.75. The third kappa shape index (κ3) is 4.59. The van der Waals surface area contributed by atoms with Crippen molar-refractivity contribution in [1.82, 2.24) is 5.32 Å². The van der Waals surface area contributed by atoms with Crippen molar-refractivity contribution in [3.8, 4) is 5.75 Å². The van der Waals surface area contributed by atoms with Crippen LogP contribution in [0.15, 0.2) is 16.6 Å². The van der Waals surface area contributed by atoms with Gasteiger partial charge in [0.2, 0.25) is 0 Å². The molecule has 1 unspecified atom stereocenters. The Bertz CT molecular complexity index is 382. The fourth-order valence-corrected chi connectivity index (χ4v) is 2.29. The minimum Gasteiger partial charge on any atom is -0.490 e. The van der Waals surface area contributed by atoms with E-state index in [0.29, 0.717) is 6.61 Å². The van der Waals surface area contributed by atoms with Crippen LogP contribution in [0.4, 0.5) is 0 Å². The van der Waals surface area contributed by atoms with Crippen LogP contribution in [0.2, 0.25) is 0 Å². The fraction of sp³-hybridized carbons (Fsp3) is 0.571. The summed E-state index contributed by atoms with van der Waals surface area (Å²) in [7, 11) is 1.70. The maximum absolute atomic E-state index is 5.89. The molecule has 0 aliphatic heterocycles. The lowest BCUT2D eigenvalue weighted by atomic mass is 10.1. The molecule has 0 bridgehead atoms. The van der Waals surface area contributed by atoms with Gasteiger partial charge in [0.1, 0.15) is 12.4 Å². The minimum absolute atomic E-state index is 0.0973. The molecule has 1 atom stereocenters. The third-order valence-corrected chi connectivity index (χ3v) is 3.20. The van der Waals surface area contributed by atoms with Crippen LogP contribution in [0.25, 0.3) is 0 Å². The Balaban J connectivity index is 2.85. The molecule has 1 rings (SSSR count). The second kappa shape index (κ2) is 7.77. The summed E-state index contributed by atoms with van der Waals surface area (Å²) in [6, 6.07) is 4.17. The van der Waals surface area contributed by atoms with E-state index in [1.54, 1.807) is 7.11 Å². The van der Waals surface area contributed by atoms with Gasteiger partial charge < -0.3 is 14.8 Å². The molecule has 0 aromatic heterocycles. The number of methoxy groups -OCH3 is 1. The lowest BCUT2D eigenvalue weighted by Crippen LogP contribution is -2.18. The SMILES string of the molecule is CCNCc1cc(Br)cc(C)c1OCC(C)OC. The number of halogens is 1.